The summed E-state index contributed by atoms with van der Waals surface area (Å²) >= 11 is 0. The van der Waals surface area contributed by atoms with Crippen LogP contribution >= 0.6 is 0 Å². The second kappa shape index (κ2) is 5.92. The molecule has 1 heterocycles. The maximum atomic E-state index is 12.5. The van der Waals surface area contributed by atoms with E-state index in [2.05, 4.69) is 0 Å². The van der Waals surface area contributed by atoms with E-state index in [0.717, 1.165) is 18.3 Å². The molecule has 0 radical (unpaired) electrons. The van der Waals surface area contributed by atoms with E-state index in [-0.39, 0.29) is 51.4 Å². The molecule has 0 aromatic carbocycles. The fourth-order valence-corrected chi connectivity index (χ4v) is 1.14. The van der Waals surface area contributed by atoms with Gasteiger partial charge in [-0.3, -0.25) is 4.57 Å². The first-order chi connectivity index (χ1) is 7.11. The molecule has 0 aliphatic rings. The summed E-state index contributed by atoms with van der Waals surface area (Å²) in [5.74, 6) is 0. The van der Waals surface area contributed by atoms with Gasteiger partial charge in [-0.1, -0.05) is 6.07 Å². The molecule has 0 bridgehead atoms. The van der Waals surface area contributed by atoms with Gasteiger partial charge in [0.1, 0.15) is 5.60 Å². The smallest absolute Gasteiger partial charge is 0.444 e. The van der Waals surface area contributed by atoms with Gasteiger partial charge in [-0.2, -0.15) is 0 Å². The van der Waals surface area contributed by atoms with Crippen LogP contribution in [0.1, 0.15) is 20.8 Å². The zero-order chi connectivity index (χ0) is 12.6. The van der Waals surface area contributed by atoms with Gasteiger partial charge < -0.3 is 17.7 Å². The molecule has 0 aliphatic heterocycles. The van der Waals surface area contributed by atoms with Crippen LogP contribution in [0.2, 0.25) is 0 Å². The number of hydrogen-bond donors (Lipinski definition) is 0. The van der Waals surface area contributed by atoms with Crippen LogP contribution in [0.25, 0.3) is 0 Å². The first-order valence-electron chi connectivity index (χ1n) is 4.72. The van der Waals surface area contributed by atoms with Crippen molar-refractivity contribution < 1.29 is 73.9 Å². The van der Waals surface area contributed by atoms with Crippen molar-refractivity contribution in [1.82, 2.24) is 4.57 Å². The van der Waals surface area contributed by atoms with Crippen LogP contribution in [-0.4, -0.2) is 23.2 Å². The quantitative estimate of drug-likeness (QED) is 0.635. The zero-order valence-corrected chi connectivity index (χ0v) is 13.3. The molecule has 17 heavy (non-hydrogen) atoms. The number of halogens is 3. The molecule has 8 heteroatoms. The Labute approximate surface area is 140 Å². The van der Waals surface area contributed by atoms with E-state index in [0.29, 0.717) is 4.57 Å². The Morgan fingerprint density at radius 1 is 1.35 bits per heavy atom. The minimum absolute atomic E-state index is 0. The molecular formula is C9H12BF3KNO2. The molecule has 0 spiro atoms. The van der Waals surface area contributed by atoms with Crippen LogP contribution < -0.4 is 57.0 Å². The van der Waals surface area contributed by atoms with Crippen molar-refractivity contribution in [3.8, 4) is 0 Å². The Morgan fingerprint density at radius 3 is 2.29 bits per heavy atom. The first kappa shape index (κ1) is 17.2. The molecule has 0 saturated carbocycles. The van der Waals surface area contributed by atoms with Gasteiger partial charge in [-0.25, -0.2) is 4.79 Å². The standard InChI is InChI=1S/C9H12BF3NO2.K/c1-9(2,3)16-8(15)14-6-4-5-7(14)10(11,12)13;/h4-6H,1-3H3;/q-1;+1. The molecule has 1 aromatic rings. The maximum absolute atomic E-state index is 12.5. The fraction of sp³-hybridized carbons (Fsp3) is 0.444. The Hall–Kier alpha value is 0.241. The Kier molecular flexibility index (Phi) is 6.01. The van der Waals surface area contributed by atoms with Crippen molar-refractivity contribution in [3.05, 3.63) is 18.3 Å². The predicted molar refractivity (Wildman–Crippen MR) is 54.8 cm³/mol. The van der Waals surface area contributed by atoms with Crippen molar-refractivity contribution in [3.63, 3.8) is 0 Å². The van der Waals surface area contributed by atoms with Crippen molar-refractivity contribution in [2.24, 2.45) is 0 Å². The summed E-state index contributed by atoms with van der Waals surface area (Å²) in [7, 11) is 0. The summed E-state index contributed by atoms with van der Waals surface area (Å²) in [5.41, 5.74) is -1.80. The molecule has 0 aliphatic carbocycles. The zero-order valence-electron chi connectivity index (χ0n) is 10.2. The maximum Gasteiger partial charge on any atom is 1.00 e. The molecule has 3 nitrogen and oxygen atoms in total. The van der Waals surface area contributed by atoms with Gasteiger partial charge in [0, 0.05) is 6.20 Å². The van der Waals surface area contributed by atoms with Crippen LogP contribution in [-0.2, 0) is 4.74 Å². The minimum Gasteiger partial charge on any atom is -0.444 e. The molecule has 0 unspecified atom stereocenters. The normalized spacial score (nSPS) is 11.9. The SMILES string of the molecule is CC(C)(C)OC(=O)n1cccc1[B-](F)(F)F.[K+]. The van der Waals surface area contributed by atoms with E-state index in [1.807, 2.05) is 0 Å². The van der Waals surface area contributed by atoms with Crippen molar-refractivity contribution in [2.45, 2.75) is 26.4 Å². The van der Waals surface area contributed by atoms with Gasteiger partial charge >= 0.3 is 64.5 Å². The largest absolute Gasteiger partial charge is 1.00 e. The van der Waals surface area contributed by atoms with Gasteiger partial charge in [0.05, 0.1) is 0 Å². The molecule has 0 N–H and O–H groups in total. The number of hydrogen-bond acceptors (Lipinski definition) is 2. The second-order valence-corrected chi connectivity index (χ2v) is 4.36. The van der Waals surface area contributed by atoms with Gasteiger partial charge in [-0.15, -0.1) is 0 Å². The average molecular weight is 273 g/mol. The topological polar surface area (TPSA) is 31.2 Å². The Bertz CT molecular complexity index is 398. The van der Waals surface area contributed by atoms with E-state index in [1.165, 1.54) is 0 Å². The summed E-state index contributed by atoms with van der Waals surface area (Å²) < 4.78 is 42.9. The average Bonchev–Trinajstić information content (AvgIpc) is 2.45. The van der Waals surface area contributed by atoms with Crippen molar-refractivity contribution in [1.29, 1.82) is 0 Å². The number of aromatic nitrogens is 1. The molecule has 1 aromatic heterocycles. The van der Waals surface area contributed by atoms with Crippen molar-refractivity contribution in [2.75, 3.05) is 0 Å². The predicted octanol–water partition coefficient (Wildman–Crippen LogP) is -0.670. The molecule has 1 rings (SSSR count). The number of carbonyl (C=O) groups is 1. The van der Waals surface area contributed by atoms with Crippen LogP contribution in [0.3, 0.4) is 0 Å². The summed E-state index contributed by atoms with van der Waals surface area (Å²) in [6.07, 6.45) is 0.0188. The van der Waals surface area contributed by atoms with E-state index in [1.54, 1.807) is 20.8 Å². The molecule has 0 atom stereocenters. The summed E-state index contributed by atoms with van der Waals surface area (Å²) in [6.45, 7) is -0.443. The fourth-order valence-electron chi connectivity index (χ4n) is 1.14. The van der Waals surface area contributed by atoms with Gasteiger partial charge in [0.15, 0.2) is 0 Å². The Morgan fingerprint density at radius 2 is 1.88 bits per heavy atom. The molecular weight excluding hydrogens is 261 g/mol. The molecule has 0 fully saturated rings. The third-order valence-electron chi connectivity index (χ3n) is 1.71. The van der Waals surface area contributed by atoms with Crippen LogP contribution in [0.4, 0.5) is 17.7 Å². The Balaban J connectivity index is 0.00000256. The number of ether oxygens (including phenoxy) is 1. The number of rotatable bonds is 1. The number of carbonyl (C=O) groups excluding carboxylic acids is 1. The van der Waals surface area contributed by atoms with Gasteiger partial charge in [0.2, 0.25) is 0 Å². The van der Waals surface area contributed by atoms with Crippen LogP contribution in [0.15, 0.2) is 18.3 Å². The van der Waals surface area contributed by atoms with Crippen LogP contribution in [0.5, 0.6) is 0 Å². The first-order valence-corrected chi connectivity index (χ1v) is 4.72. The van der Waals surface area contributed by atoms with E-state index in [4.69, 9.17) is 4.74 Å². The van der Waals surface area contributed by atoms with Gasteiger partial charge in [0.25, 0.3) is 0 Å². The molecule has 0 saturated heterocycles. The van der Waals surface area contributed by atoms with Gasteiger partial charge in [-0.05, 0) is 32.4 Å². The monoisotopic (exact) mass is 273 g/mol. The van der Waals surface area contributed by atoms with Crippen molar-refractivity contribution >= 4 is 18.7 Å². The van der Waals surface area contributed by atoms with Crippen LogP contribution in [0, 0.1) is 0 Å². The third kappa shape index (κ3) is 5.17. The minimum atomic E-state index is -5.21. The molecule has 0 amide bonds. The summed E-state index contributed by atoms with van der Waals surface area (Å²) in [6, 6.07) is 2.01. The third-order valence-corrected chi connectivity index (χ3v) is 1.71. The second-order valence-electron chi connectivity index (χ2n) is 4.36. The van der Waals surface area contributed by atoms with E-state index >= 15 is 0 Å². The summed E-state index contributed by atoms with van der Waals surface area (Å²) in [4.78, 5) is 11.4. The molecule has 90 valence electrons. The van der Waals surface area contributed by atoms with E-state index < -0.39 is 24.3 Å². The van der Waals surface area contributed by atoms with E-state index in [9.17, 15) is 17.7 Å². The summed E-state index contributed by atoms with van der Waals surface area (Å²) in [5, 5.41) is 0. The number of nitrogens with zero attached hydrogens (tertiary/aromatic N) is 1.